The van der Waals surface area contributed by atoms with E-state index < -0.39 is 12.5 Å². The number of para-hydroxylation sites is 1. The van der Waals surface area contributed by atoms with Gasteiger partial charge in [0.05, 0.1) is 5.56 Å². The van der Waals surface area contributed by atoms with Gasteiger partial charge < -0.3 is 10.1 Å². The summed E-state index contributed by atoms with van der Waals surface area (Å²) in [4.78, 5) is 12.2. The van der Waals surface area contributed by atoms with E-state index in [4.69, 9.17) is 0 Å². The Balaban J connectivity index is 2.24. The predicted octanol–water partition coefficient (Wildman–Crippen LogP) is 4.16. The van der Waals surface area contributed by atoms with E-state index in [1.165, 1.54) is 18.2 Å². The molecule has 21 heavy (non-hydrogen) atoms. The number of halogens is 2. The van der Waals surface area contributed by atoms with Crippen molar-refractivity contribution in [2.75, 3.05) is 5.32 Å². The molecule has 110 valence electrons. The number of carbonyl (C=O) groups excluding carboxylic acids is 1. The van der Waals surface area contributed by atoms with Crippen LogP contribution in [-0.2, 0) is 0 Å². The Morgan fingerprint density at radius 2 is 1.71 bits per heavy atom. The maximum Gasteiger partial charge on any atom is 0.387 e. The third-order valence-electron chi connectivity index (χ3n) is 2.83. The summed E-state index contributed by atoms with van der Waals surface area (Å²) in [5.74, 6) is -0.634. The molecule has 0 bridgehead atoms. The van der Waals surface area contributed by atoms with Crippen LogP contribution in [-0.4, -0.2) is 12.5 Å². The monoisotopic (exact) mass is 291 g/mol. The van der Waals surface area contributed by atoms with E-state index in [-0.39, 0.29) is 11.3 Å². The van der Waals surface area contributed by atoms with Gasteiger partial charge >= 0.3 is 6.61 Å². The van der Waals surface area contributed by atoms with Gasteiger partial charge in [0.1, 0.15) is 5.75 Å². The molecule has 0 fully saturated rings. The summed E-state index contributed by atoms with van der Waals surface area (Å²) in [6, 6.07) is 11.5. The van der Waals surface area contributed by atoms with E-state index in [1.807, 2.05) is 32.0 Å². The number of benzene rings is 2. The van der Waals surface area contributed by atoms with Crippen molar-refractivity contribution in [3.05, 3.63) is 59.2 Å². The van der Waals surface area contributed by atoms with Crippen LogP contribution in [0.1, 0.15) is 21.5 Å². The van der Waals surface area contributed by atoms with Gasteiger partial charge in [-0.1, -0.05) is 18.2 Å². The van der Waals surface area contributed by atoms with E-state index in [0.29, 0.717) is 5.69 Å². The standard InChI is InChI=1S/C16H15F2NO2/c1-10-7-11(2)9-12(8-10)19-15(20)13-5-3-4-6-14(13)21-16(17)18/h3-9,16H,1-2H3,(H,19,20). The smallest absolute Gasteiger partial charge is 0.387 e. The van der Waals surface area contributed by atoms with Crippen LogP contribution in [0.3, 0.4) is 0 Å². The Labute approximate surface area is 121 Å². The number of amides is 1. The molecule has 0 aliphatic heterocycles. The molecule has 1 N–H and O–H groups in total. The number of hydrogen-bond acceptors (Lipinski definition) is 2. The molecule has 0 aromatic heterocycles. The second kappa shape index (κ2) is 6.35. The van der Waals surface area contributed by atoms with Crippen molar-refractivity contribution in [2.24, 2.45) is 0 Å². The lowest BCUT2D eigenvalue weighted by Gasteiger charge is -2.11. The average molecular weight is 291 g/mol. The number of anilines is 1. The molecule has 2 aromatic carbocycles. The molecule has 0 aliphatic carbocycles. The van der Waals surface area contributed by atoms with Gasteiger partial charge in [0.2, 0.25) is 0 Å². The molecule has 2 aromatic rings. The number of hydrogen-bond donors (Lipinski definition) is 1. The van der Waals surface area contributed by atoms with Crippen LogP contribution < -0.4 is 10.1 Å². The Hall–Kier alpha value is -2.43. The molecule has 0 atom stereocenters. The van der Waals surface area contributed by atoms with Crippen LogP contribution >= 0.6 is 0 Å². The van der Waals surface area contributed by atoms with Gasteiger partial charge in [-0.15, -0.1) is 0 Å². The first-order chi connectivity index (χ1) is 9.95. The first kappa shape index (κ1) is 15.0. The maximum absolute atomic E-state index is 12.3. The highest BCUT2D eigenvalue weighted by Crippen LogP contribution is 2.22. The summed E-state index contributed by atoms with van der Waals surface area (Å²) >= 11 is 0. The summed E-state index contributed by atoms with van der Waals surface area (Å²) in [7, 11) is 0. The molecule has 0 unspecified atom stereocenters. The number of aryl methyl sites for hydroxylation is 2. The molecule has 0 heterocycles. The SMILES string of the molecule is Cc1cc(C)cc(NC(=O)c2ccccc2OC(F)F)c1. The van der Waals surface area contributed by atoms with E-state index in [2.05, 4.69) is 10.1 Å². The van der Waals surface area contributed by atoms with Crippen molar-refractivity contribution < 1.29 is 18.3 Å². The Morgan fingerprint density at radius 1 is 1.10 bits per heavy atom. The lowest BCUT2D eigenvalue weighted by atomic mass is 10.1. The molecule has 0 saturated carbocycles. The molecule has 2 rings (SSSR count). The molecule has 0 radical (unpaired) electrons. The highest BCUT2D eigenvalue weighted by molar-refractivity contribution is 6.06. The van der Waals surface area contributed by atoms with E-state index >= 15 is 0 Å². The van der Waals surface area contributed by atoms with Crippen LogP contribution in [0.15, 0.2) is 42.5 Å². The second-order valence-corrected chi connectivity index (χ2v) is 4.71. The topological polar surface area (TPSA) is 38.3 Å². The van der Waals surface area contributed by atoms with Crippen LogP contribution in [0.2, 0.25) is 0 Å². The van der Waals surface area contributed by atoms with Gasteiger partial charge in [0.15, 0.2) is 0 Å². The number of alkyl halides is 2. The summed E-state index contributed by atoms with van der Waals surface area (Å²) in [6.45, 7) is 0.854. The third kappa shape index (κ3) is 4.02. The summed E-state index contributed by atoms with van der Waals surface area (Å²) in [6.07, 6.45) is 0. The van der Waals surface area contributed by atoms with Crippen LogP contribution in [0, 0.1) is 13.8 Å². The van der Waals surface area contributed by atoms with Crippen molar-refractivity contribution in [2.45, 2.75) is 20.5 Å². The molecule has 5 heteroatoms. The van der Waals surface area contributed by atoms with Gasteiger partial charge in [-0.25, -0.2) is 0 Å². The summed E-state index contributed by atoms with van der Waals surface area (Å²) in [5.41, 5.74) is 2.69. The average Bonchev–Trinajstić information content (AvgIpc) is 2.37. The number of nitrogens with one attached hydrogen (secondary N) is 1. The minimum atomic E-state index is -2.97. The fourth-order valence-corrected chi connectivity index (χ4v) is 2.10. The highest BCUT2D eigenvalue weighted by atomic mass is 19.3. The van der Waals surface area contributed by atoms with E-state index in [0.717, 1.165) is 11.1 Å². The van der Waals surface area contributed by atoms with Crippen molar-refractivity contribution >= 4 is 11.6 Å². The van der Waals surface area contributed by atoms with Gasteiger partial charge in [0.25, 0.3) is 5.91 Å². The highest BCUT2D eigenvalue weighted by Gasteiger charge is 2.15. The zero-order valence-corrected chi connectivity index (χ0v) is 11.7. The fourth-order valence-electron chi connectivity index (χ4n) is 2.10. The zero-order valence-electron chi connectivity index (χ0n) is 11.7. The first-order valence-electron chi connectivity index (χ1n) is 6.39. The van der Waals surface area contributed by atoms with Gasteiger partial charge in [-0.3, -0.25) is 4.79 Å². The number of rotatable bonds is 4. The van der Waals surface area contributed by atoms with E-state index in [1.54, 1.807) is 6.07 Å². The molecular formula is C16H15F2NO2. The largest absolute Gasteiger partial charge is 0.434 e. The maximum atomic E-state index is 12.3. The Morgan fingerprint density at radius 3 is 2.33 bits per heavy atom. The van der Waals surface area contributed by atoms with Gasteiger partial charge in [-0.05, 0) is 49.2 Å². The van der Waals surface area contributed by atoms with Crippen molar-refractivity contribution in [3.8, 4) is 5.75 Å². The minimum Gasteiger partial charge on any atom is -0.434 e. The lowest BCUT2D eigenvalue weighted by molar-refractivity contribution is -0.0501. The zero-order chi connectivity index (χ0) is 15.4. The van der Waals surface area contributed by atoms with Crippen molar-refractivity contribution in [1.29, 1.82) is 0 Å². The quantitative estimate of drug-likeness (QED) is 0.918. The molecular weight excluding hydrogens is 276 g/mol. The predicted molar refractivity (Wildman–Crippen MR) is 76.9 cm³/mol. The van der Waals surface area contributed by atoms with Crippen molar-refractivity contribution in [1.82, 2.24) is 0 Å². The van der Waals surface area contributed by atoms with Crippen LogP contribution in [0.4, 0.5) is 14.5 Å². The van der Waals surface area contributed by atoms with Crippen LogP contribution in [0.5, 0.6) is 5.75 Å². The minimum absolute atomic E-state index is 0.0666. The fraction of sp³-hybridized carbons (Fsp3) is 0.188. The lowest BCUT2D eigenvalue weighted by Crippen LogP contribution is -2.15. The van der Waals surface area contributed by atoms with Crippen molar-refractivity contribution in [3.63, 3.8) is 0 Å². The summed E-state index contributed by atoms with van der Waals surface area (Å²) < 4.78 is 29.0. The molecule has 3 nitrogen and oxygen atoms in total. The molecule has 0 saturated heterocycles. The molecule has 0 aliphatic rings. The second-order valence-electron chi connectivity index (χ2n) is 4.71. The van der Waals surface area contributed by atoms with Gasteiger partial charge in [0, 0.05) is 5.69 Å². The molecule has 1 amide bonds. The third-order valence-corrected chi connectivity index (χ3v) is 2.83. The number of carbonyl (C=O) groups is 1. The first-order valence-corrected chi connectivity index (χ1v) is 6.39. The normalized spacial score (nSPS) is 10.5. The number of ether oxygens (including phenoxy) is 1. The Bertz CT molecular complexity index is 636. The van der Waals surface area contributed by atoms with Crippen LogP contribution in [0.25, 0.3) is 0 Å². The van der Waals surface area contributed by atoms with E-state index in [9.17, 15) is 13.6 Å². The van der Waals surface area contributed by atoms with Gasteiger partial charge in [-0.2, -0.15) is 8.78 Å². The summed E-state index contributed by atoms with van der Waals surface area (Å²) in [5, 5.41) is 2.69. The molecule has 0 spiro atoms. The Kier molecular flexibility index (Phi) is 4.52.